The summed E-state index contributed by atoms with van der Waals surface area (Å²) in [6.45, 7) is 0. The average Bonchev–Trinajstić information content (AvgIpc) is 2.53. The Morgan fingerprint density at radius 1 is 1.10 bits per heavy atom. The maximum absolute atomic E-state index is 11.8. The number of hydrogen-bond acceptors (Lipinski definition) is 3. The number of rotatable bonds is 2. The van der Waals surface area contributed by atoms with E-state index < -0.39 is 0 Å². The van der Waals surface area contributed by atoms with Gasteiger partial charge in [0, 0.05) is 11.5 Å². The molecular weight excluding hydrogens is 264 g/mol. The Labute approximate surface area is 121 Å². The number of fused-ring (bicyclic) bond motifs is 1. The van der Waals surface area contributed by atoms with Crippen LogP contribution in [0.3, 0.4) is 0 Å². The molecule has 3 rings (SSSR count). The molecule has 0 amide bonds. The van der Waals surface area contributed by atoms with Crippen LogP contribution >= 0.6 is 0 Å². The topological polar surface area (TPSA) is 65.9 Å². The van der Waals surface area contributed by atoms with Gasteiger partial charge in [-0.25, -0.2) is 0 Å². The fourth-order valence-corrected chi connectivity index (χ4v) is 2.34. The zero-order chi connectivity index (χ0) is 14.8. The normalized spacial score (nSPS) is 10.3. The highest BCUT2D eigenvalue weighted by Gasteiger charge is 2.07. The molecule has 0 unspecified atom stereocenters. The van der Waals surface area contributed by atoms with Gasteiger partial charge in [-0.1, -0.05) is 18.2 Å². The van der Waals surface area contributed by atoms with Gasteiger partial charge in [-0.05, 0) is 35.4 Å². The summed E-state index contributed by atoms with van der Waals surface area (Å²) < 4.78 is 5.14. The van der Waals surface area contributed by atoms with Gasteiger partial charge in [0.05, 0.1) is 24.3 Å². The van der Waals surface area contributed by atoms with Crippen molar-refractivity contribution in [3.05, 3.63) is 64.4 Å². The Morgan fingerprint density at radius 2 is 1.86 bits per heavy atom. The van der Waals surface area contributed by atoms with Gasteiger partial charge in [0.2, 0.25) is 5.56 Å². The molecule has 102 valence electrons. The third-order valence-electron chi connectivity index (χ3n) is 3.37. The van der Waals surface area contributed by atoms with E-state index in [9.17, 15) is 4.79 Å². The minimum Gasteiger partial charge on any atom is -0.497 e. The van der Waals surface area contributed by atoms with E-state index >= 15 is 0 Å². The Bertz CT molecular complexity index is 903. The highest BCUT2D eigenvalue weighted by molar-refractivity contribution is 5.94. The number of benzene rings is 2. The van der Waals surface area contributed by atoms with Crippen LogP contribution in [-0.2, 0) is 0 Å². The second kappa shape index (κ2) is 5.14. The third kappa shape index (κ3) is 2.37. The van der Waals surface area contributed by atoms with E-state index in [4.69, 9.17) is 10.00 Å². The number of H-pyrrole nitrogens is 1. The van der Waals surface area contributed by atoms with E-state index in [1.807, 2.05) is 30.3 Å². The molecule has 4 heteroatoms. The van der Waals surface area contributed by atoms with Crippen LogP contribution < -0.4 is 10.3 Å². The average molecular weight is 276 g/mol. The molecule has 1 aromatic heterocycles. The second-order valence-corrected chi connectivity index (χ2v) is 4.65. The van der Waals surface area contributed by atoms with Crippen LogP contribution in [-0.4, -0.2) is 12.1 Å². The molecule has 0 aliphatic heterocycles. The zero-order valence-corrected chi connectivity index (χ0v) is 11.4. The van der Waals surface area contributed by atoms with Crippen molar-refractivity contribution in [1.29, 1.82) is 5.26 Å². The van der Waals surface area contributed by atoms with Crippen molar-refractivity contribution in [2.45, 2.75) is 0 Å². The predicted octanol–water partition coefficient (Wildman–Crippen LogP) is 3.08. The predicted molar refractivity (Wildman–Crippen MR) is 81.3 cm³/mol. The van der Waals surface area contributed by atoms with Gasteiger partial charge in [-0.2, -0.15) is 5.26 Å². The lowest BCUT2D eigenvalue weighted by Crippen LogP contribution is -2.05. The number of pyridine rings is 1. The van der Waals surface area contributed by atoms with Crippen LogP contribution in [0.1, 0.15) is 5.56 Å². The van der Waals surface area contributed by atoms with E-state index in [0.717, 1.165) is 22.3 Å². The first-order valence-electron chi connectivity index (χ1n) is 6.43. The quantitative estimate of drug-likeness (QED) is 0.782. The maximum atomic E-state index is 11.8. The minimum atomic E-state index is -0.191. The number of nitrogens with one attached hydrogen (secondary N) is 1. The maximum Gasteiger partial charge on any atom is 0.249 e. The molecule has 0 radical (unpaired) electrons. The molecule has 0 aliphatic rings. The summed E-state index contributed by atoms with van der Waals surface area (Å²) in [7, 11) is 1.61. The summed E-state index contributed by atoms with van der Waals surface area (Å²) in [5, 5.41) is 9.86. The standard InChI is InChI=1S/C17H12N2O2/c1-21-13-5-3-12(4-6-13)15-9-17(20)19-16-8-11(10-18)2-7-14(15)16/h2-9H,1H3,(H,19,20). The Balaban J connectivity index is 2.26. The molecule has 0 spiro atoms. The van der Waals surface area contributed by atoms with Gasteiger partial charge in [0.25, 0.3) is 0 Å². The first kappa shape index (κ1) is 12.9. The van der Waals surface area contributed by atoms with Gasteiger partial charge in [0.1, 0.15) is 5.75 Å². The largest absolute Gasteiger partial charge is 0.497 e. The molecule has 0 saturated carbocycles. The lowest BCUT2D eigenvalue weighted by atomic mass is 10.0. The van der Waals surface area contributed by atoms with Crippen molar-refractivity contribution in [3.63, 3.8) is 0 Å². The third-order valence-corrected chi connectivity index (χ3v) is 3.37. The zero-order valence-electron chi connectivity index (χ0n) is 11.4. The molecule has 21 heavy (non-hydrogen) atoms. The van der Waals surface area contributed by atoms with Crippen LogP contribution in [0.25, 0.3) is 22.0 Å². The number of ether oxygens (including phenoxy) is 1. The van der Waals surface area contributed by atoms with E-state index in [2.05, 4.69) is 11.1 Å². The summed E-state index contributed by atoms with van der Waals surface area (Å²) >= 11 is 0. The summed E-state index contributed by atoms with van der Waals surface area (Å²) in [4.78, 5) is 14.6. The summed E-state index contributed by atoms with van der Waals surface area (Å²) in [5.74, 6) is 0.764. The van der Waals surface area contributed by atoms with Crippen molar-refractivity contribution < 1.29 is 4.74 Å². The van der Waals surface area contributed by atoms with E-state index in [-0.39, 0.29) is 5.56 Å². The molecule has 0 atom stereocenters. The summed E-state index contributed by atoms with van der Waals surface area (Å²) in [6.07, 6.45) is 0. The Hall–Kier alpha value is -3.06. The van der Waals surface area contributed by atoms with E-state index in [0.29, 0.717) is 11.1 Å². The first-order valence-corrected chi connectivity index (χ1v) is 6.43. The van der Waals surface area contributed by atoms with Crippen LogP contribution in [0, 0.1) is 11.3 Å². The number of nitrogens with zero attached hydrogens (tertiary/aromatic N) is 1. The molecular formula is C17H12N2O2. The molecule has 0 aliphatic carbocycles. The molecule has 0 saturated heterocycles. The van der Waals surface area contributed by atoms with Crippen LogP contribution in [0.5, 0.6) is 5.75 Å². The second-order valence-electron chi connectivity index (χ2n) is 4.65. The molecule has 2 aromatic carbocycles. The number of hydrogen-bond donors (Lipinski definition) is 1. The first-order chi connectivity index (χ1) is 10.2. The Morgan fingerprint density at radius 3 is 2.52 bits per heavy atom. The van der Waals surface area contributed by atoms with Crippen molar-refractivity contribution in [2.75, 3.05) is 7.11 Å². The van der Waals surface area contributed by atoms with E-state index in [1.165, 1.54) is 0 Å². The minimum absolute atomic E-state index is 0.191. The lowest BCUT2D eigenvalue weighted by molar-refractivity contribution is 0.415. The van der Waals surface area contributed by atoms with Crippen LogP contribution in [0.15, 0.2) is 53.3 Å². The monoisotopic (exact) mass is 276 g/mol. The molecule has 3 aromatic rings. The Kier molecular flexibility index (Phi) is 3.17. The van der Waals surface area contributed by atoms with E-state index in [1.54, 1.807) is 25.3 Å². The van der Waals surface area contributed by atoms with Gasteiger partial charge in [-0.3, -0.25) is 4.79 Å². The number of aromatic nitrogens is 1. The molecule has 1 N–H and O–H groups in total. The lowest BCUT2D eigenvalue weighted by Gasteiger charge is -2.08. The molecule has 0 bridgehead atoms. The highest BCUT2D eigenvalue weighted by atomic mass is 16.5. The van der Waals surface area contributed by atoms with Gasteiger partial charge in [-0.15, -0.1) is 0 Å². The number of methoxy groups -OCH3 is 1. The van der Waals surface area contributed by atoms with Gasteiger partial charge >= 0.3 is 0 Å². The number of nitriles is 1. The van der Waals surface area contributed by atoms with Crippen molar-refractivity contribution in [2.24, 2.45) is 0 Å². The summed E-state index contributed by atoms with van der Waals surface area (Å²) in [5.41, 5.74) is 2.75. The molecule has 0 fully saturated rings. The molecule has 4 nitrogen and oxygen atoms in total. The highest BCUT2D eigenvalue weighted by Crippen LogP contribution is 2.28. The van der Waals surface area contributed by atoms with Gasteiger partial charge < -0.3 is 9.72 Å². The molecule has 1 heterocycles. The SMILES string of the molecule is COc1ccc(-c2cc(=O)[nH]c3cc(C#N)ccc23)cc1. The van der Waals surface area contributed by atoms with Crippen molar-refractivity contribution >= 4 is 10.9 Å². The fraction of sp³-hybridized carbons (Fsp3) is 0.0588. The fourth-order valence-electron chi connectivity index (χ4n) is 2.34. The number of aromatic amines is 1. The van der Waals surface area contributed by atoms with Crippen LogP contribution in [0.2, 0.25) is 0 Å². The van der Waals surface area contributed by atoms with Gasteiger partial charge in [0.15, 0.2) is 0 Å². The van der Waals surface area contributed by atoms with Crippen molar-refractivity contribution in [1.82, 2.24) is 4.98 Å². The summed E-state index contributed by atoms with van der Waals surface area (Å²) in [6, 6.07) is 16.4. The van der Waals surface area contributed by atoms with Crippen molar-refractivity contribution in [3.8, 4) is 22.9 Å². The van der Waals surface area contributed by atoms with Crippen LogP contribution in [0.4, 0.5) is 0 Å². The smallest absolute Gasteiger partial charge is 0.249 e.